The number of nitrogens with zero attached hydrogens (tertiary/aromatic N) is 1. The zero-order chi connectivity index (χ0) is 14.6. The maximum absolute atomic E-state index is 12.4. The summed E-state index contributed by atoms with van der Waals surface area (Å²) in [4.78, 5) is 0.883. The van der Waals surface area contributed by atoms with E-state index >= 15 is 0 Å². The monoisotopic (exact) mass is 319 g/mol. The number of aliphatic hydroxyl groups excluding tert-OH is 1. The lowest BCUT2D eigenvalue weighted by molar-refractivity contribution is 0.00860. The molecule has 0 aliphatic carbocycles. The van der Waals surface area contributed by atoms with Crippen LogP contribution in [0.15, 0.2) is 16.3 Å². The highest BCUT2D eigenvalue weighted by molar-refractivity contribution is 7.91. The van der Waals surface area contributed by atoms with Gasteiger partial charge in [-0.05, 0) is 31.4 Å². The molecule has 1 aliphatic heterocycles. The van der Waals surface area contributed by atoms with Gasteiger partial charge in [0.05, 0.1) is 6.10 Å². The summed E-state index contributed by atoms with van der Waals surface area (Å²) in [5.41, 5.74) is 0. The largest absolute Gasteiger partial charge is 0.396 e. The van der Waals surface area contributed by atoms with Crippen molar-refractivity contribution in [2.24, 2.45) is 0 Å². The molecule has 0 radical (unpaired) electrons. The van der Waals surface area contributed by atoms with Crippen LogP contribution in [-0.2, 0) is 21.2 Å². The van der Waals surface area contributed by atoms with E-state index in [0.29, 0.717) is 17.2 Å². The molecule has 2 rings (SSSR count). The first kappa shape index (κ1) is 15.9. The molecule has 20 heavy (non-hydrogen) atoms. The van der Waals surface area contributed by atoms with Crippen molar-refractivity contribution in [3.8, 4) is 0 Å². The van der Waals surface area contributed by atoms with E-state index in [1.807, 2.05) is 0 Å². The molecule has 0 amide bonds. The van der Waals surface area contributed by atoms with Crippen molar-refractivity contribution in [1.29, 1.82) is 0 Å². The lowest BCUT2D eigenvalue weighted by Gasteiger charge is -2.26. The van der Waals surface area contributed by atoms with Crippen molar-refractivity contribution in [3.05, 3.63) is 17.0 Å². The van der Waals surface area contributed by atoms with Crippen molar-refractivity contribution >= 4 is 21.4 Å². The Morgan fingerprint density at radius 2 is 2.25 bits per heavy atom. The molecule has 1 fully saturated rings. The molecule has 5 nitrogen and oxygen atoms in total. The van der Waals surface area contributed by atoms with E-state index in [2.05, 4.69) is 0 Å². The Kier molecular flexibility index (Phi) is 5.57. The van der Waals surface area contributed by atoms with Crippen LogP contribution in [0.5, 0.6) is 0 Å². The average Bonchev–Trinajstić information content (AvgIpc) is 2.89. The van der Waals surface area contributed by atoms with Gasteiger partial charge in [0, 0.05) is 38.1 Å². The molecule has 0 spiro atoms. The topological polar surface area (TPSA) is 66.8 Å². The zero-order valence-corrected chi connectivity index (χ0v) is 13.3. The molecule has 0 aromatic carbocycles. The normalized spacial score (nSPS) is 20.4. The number of ether oxygens (including phenoxy) is 1. The SMILES string of the molecule is CN(CC1CCCCO1)S(=O)(=O)c1ccc(CCO)s1. The number of thiophene rings is 1. The Labute approximate surface area is 124 Å². The molecule has 1 atom stereocenters. The minimum Gasteiger partial charge on any atom is -0.396 e. The highest BCUT2D eigenvalue weighted by atomic mass is 32.2. The van der Waals surface area contributed by atoms with E-state index < -0.39 is 10.0 Å². The fourth-order valence-electron chi connectivity index (χ4n) is 2.23. The first-order chi connectivity index (χ1) is 9.54. The fraction of sp³-hybridized carbons (Fsp3) is 0.692. The van der Waals surface area contributed by atoms with Gasteiger partial charge in [-0.25, -0.2) is 8.42 Å². The zero-order valence-electron chi connectivity index (χ0n) is 11.6. The van der Waals surface area contributed by atoms with Gasteiger partial charge in [0.15, 0.2) is 0 Å². The second-order valence-electron chi connectivity index (χ2n) is 4.97. The van der Waals surface area contributed by atoms with E-state index in [1.165, 1.54) is 15.6 Å². The molecule has 1 saturated heterocycles. The minimum absolute atomic E-state index is 0.000370. The van der Waals surface area contributed by atoms with Crippen LogP contribution in [0, 0.1) is 0 Å². The third-order valence-corrected chi connectivity index (χ3v) is 6.83. The Balaban J connectivity index is 2.03. The Morgan fingerprint density at radius 1 is 1.45 bits per heavy atom. The predicted molar refractivity (Wildman–Crippen MR) is 78.5 cm³/mol. The molecular formula is C13H21NO4S2. The molecule has 1 aliphatic rings. The molecule has 2 heterocycles. The summed E-state index contributed by atoms with van der Waals surface area (Å²) in [6, 6.07) is 3.38. The van der Waals surface area contributed by atoms with Gasteiger partial charge >= 0.3 is 0 Å². The van der Waals surface area contributed by atoms with Gasteiger partial charge in [0.1, 0.15) is 4.21 Å². The van der Waals surface area contributed by atoms with E-state index in [9.17, 15) is 8.42 Å². The minimum atomic E-state index is -3.45. The van der Waals surface area contributed by atoms with Gasteiger partial charge in [0.2, 0.25) is 0 Å². The van der Waals surface area contributed by atoms with Crippen LogP contribution in [0.1, 0.15) is 24.1 Å². The van der Waals surface area contributed by atoms with Gasteiger partial charge in [-0.1, -0.05) is 0 Å². The second-order valence-corrected chi connectivity index (χ2v) is 8.41. The van der Waals surface area contributed by atoms with Crippen molar-refractivity contribution in [2.45, 2.75) is 36.0 Å². The summed E-state index contributed by atoms with van der Waals surface area (Å²) in [6.07, 6.45) is 3.57. The van der Waals surface area contributed by atoms with Gasteiger partial charge < -0.3 is 9.84 Å². The molecule has 1 aromatic rings. The first-order valence-electron chi connectivity index (χ1n) is 6.81. The fourth-order valence-corrected chi connectivity index (χ4v) is 4.99. The molecular weight excluding hydrogens is 298 g/mol. The second kappa shape index (κ2) is 7.00. The summed E-state index contributed by atoms with van der Waals surface area (Å²) in [5.74, 6) is 0. The summed E-state index contributed by atoms with van der Waals surface area (Å²) in [6.45, 7) is 1.15. The molecule has 1 N–H and O–H groups in total. The van der Waals surface area contributed by atoms with Gasteiger partial charge in [0.25, 0.3) is 10.0 Å². The molecule has 114 valence electrons. The Bertz CT molecular complexity index is 520. The van der Waals surface area contributed by atoms with Crippen molar-refractivity contribution in [3.63, 3.8) is 0 Å². The molecule has 0 saturated carbocycles. The van der Waals surface area contributed by atoms with Crippen molar-refractivity contribution in [1.82, 2.24) is 4.31 Å². The van der Waals surface area contributed by atoms with Crippen LogP contribution in [0.25, 0.3) is 0 Å². The summed E-state index contributed by atoms with van der Waals surface area (Å²) < 4.78 is 32.2. The Hall–Kier alpha value is -0.470. The summed E-state index contributed by atoms with van der Waals surface area (Å²) in [5, 5.41) is 8.89. The maximum Gasteiger partial charge on any atom is 0.252 e. The van der Waals surface area contributed by atoms with Gasteiger partial charge in [-0.15, -0.1) is 11.3 Å². The van der Waals surface area contributed by atoms with Crippen molar-refractivity contribution < 1.29 is 18.3 Å². The summed E-state index contributed by atoms with van der Waals surface area (Å²) in [7, 11) is -1.85. The van der Waals surface area contributed by atoms with Crippen LogP contribution in [0.2, 0.25) is 0 Å². The van der Waals surface area contributed by atoms with Gasteiger partial charge in [-0.2, -0.15) is 4.31 Å². The third kappa shape index (κ3) is 3.79. The van der Waals surface area contributed by atoms with E-state index in [1.54, 1.807) is 19.2 Å². The maximum atomic E-state index is 12.4. The number of likely N-dealkylation sites (N-methyl/N-ethyl adjacent to an activating group) is 1. The smallest absolute Gasteiger partial charge is 0.252 e. The lowest BCUT2D eigenvalue weighted by atomic mass is 10.1. The number of sulfonamides is 1. The molecule has 1 unspecified atom stereocenters. The highest BCUT2D eigenvalue weighted by Crippen LogP contribution is 2.25. The molecule has 7 heteroatoms. The quantitative estimate of drug-likeness (QED) is 0.862. The number of hydrogen-bond donors (Lipinski definition) is 1. The molecule has 1 aromatic heterocycles. The Morgan fingerprint density at radius 3 is 2.90 bits per heavy atom. The highest BCUT2D eigenvalue weighted by Gasteiger charge is 2.26. The van der Waals surface area contributed by atoms with Crippen LogP contribution < -0.4 is 0 Å². The lowest BCUT2D eigenvalue weighted by Crippen LogP contribution is -2.36. The number of rotatable bonds is 6. The predicted octanol–water partition coefficient (Wildman–Crippen LogP) is 1.47. The van der Waals surface area contributed by atoms with E-state index in [0.717, 1.165) is 30.7 Å². The molecule has 0 bridgehead atoms. The van der Waals surface area contributed by atoms with E-state index in [-0.39, 0.29) is 12.7 Å². The van der Waals surface area contributed by atoms with Crippen LogP contribution >= 0.6 is 11.3 Å². The third-order valence-electron chi connectivity index (χ3n) is 3.39. The first-order valence-corrected chi connectivity index (χ1v) is 9.07. The summed E-state index contributed by atoms with van der Waals surface area (Å²) >= 11 is 1.22. The van der Waals surface area contributed by atoms with Crippen LogP contribution in [0.3, 0.4) is 0 Å². The van der Waals surface area contributed by atoms with Crippen LogP contribution in [0.4, 0.5) is 0 Å². The van der Waals surface area contributed by atoms with Crippen LogP contribution in [-0.4, -0.2) is 50.7 Å². The average molecular weight is 319 g/mol. The van der Waals surface area contributed by atoms with E-state index in [4.69, 9.17) is 9.84 Å². The van der Waals surface area contributed by atoms with Gasteiger partial charge in [-0.3, -0.25) is 0 Å². The standard InChI is InChI=1S/C13H21NO4S2/c1-14(10-11-4-2-3-9-18-11)20(16,17)13-6-5-12(19-13)7-8-15/h5-6,11,15H,2-4,7-10H2,1H3. The number of hydrogen-bond acceptors (Lipinski definition) is 5. The van der Waals surface area contributed by atoms with Crippen molar-refractivity contribution in [2.75, 3.05) is 26.8 Å². The number of aliphatic hydroxyl groups is 1.